The molecule has 0 aromatic carbocycles. The highest BCUT2D eigenvalue weighted by Crippen LogP contribution is 2.23. The lowest BCUT2D eigenvalue weighted by atomic mass is 10.3. The quantitative estimate of drug-likeness (QED) is 0.755. The molecule has 4 nitrogen and oxygen atoms in total. The van der Waals surface area contributed by atoms with Gasteiger partial charge in [0.15, 0.2) is 0 Å². The van der Waals surface area contributed by atoms with E-state index in [1.54, 1.807) is 0 Å². The molecule has 0 aliphatic rings. The zero-order chi connectivity index (χ0) is 15.2. The molecule has 2 aromatic rings. The Labute approximate surface area is 131 Å². The number of imidazole rings is 1. The Morgan fingerprint density at radius 2 is 2.14 bits per heavy atom. The fourth-order valence-electron chi connectivity index (χ4n) is 2.22. The van der Waals surface area contributed by atoms with Crippen LogP contribution in [0.1, 0.15) is 34.4 Å². The molecule has 0 fully saturated rings. The van der Waals surface area contributed by atoms with Crippen LogP contribution in [-0.4, -0.2) is 29.3 Å². The molecule has 0 aliphatic carbocycles. The molecule has 0 atom stereocenters. The minimum absolute atomic E-state index is 0.783. The van der Waals surface area contributed by atoms with Gasteiger partial charge in [0.25, 0.3) is 0 Å². The molecule has 21 heavy (non-hydrogen) atoms. The van der Waals surface area contributed by atoms with Crippen LogP contribution in [0.25, 0.3) is 0 Å². The van der Waals surface area contributed by atoms with Crippen molar-refractivity contribution in [2.75, 3.05) is 25.1 Å². The molecule has 0 bridgehead atoms. The van der Waals surface area contributed by atoms with Crippen molar-refractivity contribution >= 4 is 17.3 Å². The Morgan fingerprint density at radius 3 is 2.81 bits per heavy atom. The molecule has 0 radical (unpaired) electrons. The average Bonchev–Trinajstić information content (AvgIpc) is 2.93. The highest BCUT2D eigenvalue weighted by atomic mass is 32.1. The van der Waals surface area contributed by atoms with Gasteiger partial charge in [0.05, 0.1) is 12.2 Å². The van der Waals surface area contributed by atoms with Gasteiger partial charge in [-0.05, 0) is 45.7 Å². The van der Waals surface area contributed by atoms with E-state index in [2.05, 4.69) is 41.0 Å². The molecule has 0 unspecified atom stereocenters. The normalized spacial score (nSPS) is 11.0. The van der Waals surface area contributed by atoms with Crippen LogP contribution in [-0.2, 0) is 11.3 Å². The van der Waals surface area contributed by atoms with Crippen molar-refractivity contribution in [3.63, 3.8) is 0 Å². The van der Waals surface area contributed by atoms with Crippen molar-refractivity contribution in [3.05, 3.63) is 33.3 Å². The minimum Gasteiger partial charge on any atom is -0.382 e. The summed E-state index contributed by atoms with van der Waals surface area (Å²) in [5, 5.41) is 3.41. The van der Waals surface area contributed by atoms with Gasteiger partial charge < -0.3 is 14.6 Å². The maximum absolute atomic E-state index is 5.35. The third-order valence-corrected chi connectivity index (χ3v) is 4.53. The number of hydrogen-bond donors (Lipinski definition) is 1. The van der Waals surface area contributed by atoms with Crippen LogP contribution in [0.2, 0.25) is 0 Å². The number of aryl methyl sites for hydroxylation is 3. The van der Waals surface area contributed by atoms with Crippen molar-refractivity contribution in [2.45, 2.75) is 40.7 Å². The van der Waals surface area contributed by atoms with Gasteiger partial charge >= 0.3 is 0 Å². The molecule has 0 saturated carbocycles. The fraction of sp³-hybridized carbons (Fsp3) is 0.562. The minimum atomic E-state index is 0.783. The van der Waals surface area contributed by atoms with E-state index in [-0.39, 0.29) is 0 Å². The van der Waals surface area contributed by atoms with Crippen LogP contribution in [0.4, 0.5) is 5.95 Å². The lowest BCUT2D eigenvalue weighted by Crippen LogP contribution is -2.10. The van der Waals surface area contributed by atoms with Gasteiger partial charge in [-0.3, -0.25) is 0 Å². The molecular formula is C16H25N3OS. The predicted octanol–water partition coefficient (Wildman–Crippen LogP) is 3.76. The van der Waals surface area contributed by atoms with Crippen molar-refractivity contribution in [3.8, 4) is 0 Å². The maximum atomic E-state index is 5.35. The van der Waals surface area contributed by atoms with E-state index in [4.69, 9.17) is 4.74 Å². The standard InChI is InChI=1S/C16H25N3OS/c1-5-20-8-6-7-17-16-18-13(3)10-19(16)11-15-9-12(2)14(4)21-15/h9-10H,5-8,11H2,1-4H3,(H,17,18). The summed E-state index contributed by atoms with van der Waals surface area (Å²) in [5.41, 5.74) is 2.42. The van der Waals surface area contributed by atoms with E-state index in [1.807, 2.05) is 25.2 Å². The van der Waals surface area contributed by atoms with Crippen LogP contribution in [0.5, 0.6) is 0 Å². The third-order valence-electron chi connectivity index (χ3n) is 3.39. The number of hydrogen-bond acceptors (Lipinski definition) is 4. The first-order chi connectivity index (χ1) is 10.1. The Bertz CT molecular complexity index is 555. The largest absolute Gasteiger partial charge is 0.382 e. The van der Waals surface area contributed by atoms with Crippen LogP contribution < -0.4 is 5.32 Å². The number of rotatable bonds is 8. The Morgan fingerprint density at radius 1 is 1.33 bits per heavy atom. The summed E-state index contributed by atoms with van der Waals surface area (Å²) in [6.45, 7) is 11.8. The molecule has 2 aromatic heterocycles. The Kier molecular flexibility index (Phi) is 5.82. The monoisotopic (exact) mass is 307 g/mol. The summed E-state index contributed by atoms with van der Waals surface area (Å²) in [7, 11) is 0. The SMILES string of the molecule is CCOCCCNc1nc(C)cn1Cc1cc(C)c(C)s1. The average molecular weight is 307 g/mol. The van der Waals surface area contributed by atoms with Crippen molar-refractivity contribution in [2.24, 2.45) is 0 Å². The lowest BCUT2D eigenvalue weighted by Gasteiger charge is -2.09. The Balaban J connectivity index is 1.96. The van der Waals surface area contributed by atoms with E-state index in [0.29, 0.717) is 0 Å². The van der Waals surface area contributed by atoms with Gasteiger partial charge in [-0.2, -0.15) is 0 Å². The maximum Gasteiger partial charge on any atom is 0.203 e. The number of anilines is 1. The molecule has 116 valence electrons. The van der Waals surface area contributed by atoms with Crippen molar-refractivity contribution in [1.29, 1.82) is 0 Å². The van der Waals surface area contributed by atoms with E-state index in [0.717, 1.165) is 44.4 Å². The van der Waals surface area contributed by atoms with Gasteiger partial charge in [0, 0.05) is 35.7 Å². The first-order valence-electron chi connectivity index (χ1n) is 7.51. The molecule has 0 amide bonds. The molecular weight excluding hydrogens is 282 g/mol. The summed E-state index contributed by atoms with van der Waals surface area (Å²) in [5.74, 6) is 0.952. The van der Waals surface area contributed by atoms with E-state index < -0.39 is 0 Å². The predicted molar refractivity (Wildman–Crippen MR) is 89.5 cm³/mol. The highest BCUT2D eigenvalue weighted by Gasteiger charge is 2.08. The zero-order valence-electron chi connectivity index (χ0n) is 13.4. The zero-order valence-corrected chi connectivity index (χ0v) is 14.2. The first-order valence-corrected chi connectivity index (χ1v) is 8.33. The van der Waals surface area contributed by atoms with E-state index >= 15 is 0 Å². The molecule has 0 aliphatic heterocycles. The van der Waals surface area contributed by atoms with E-state index in [1.165, 1.54) is 15.3 Å². The van der Waals surface area contributed by atoms with Crippen molar-refractivity contribution in [1.82, 2.24) is 9.55 Å². The van der Waals surface area contributed by atoms with Gasteiger partial charge in [0.1, 0.15) is 0 Å². The fourth-order valence-corrected chi connectivity index (χ4v) is 3.28. The van der Waals surface area contributed by atoms with Crippen LogP contribution in [0.3, 0.4) is 0 Å². The van der Waals surface area contributed by atoms with Gasteiger partial charge in [0.2, 0.25) is 5.95 Å². The van der Waals surface area contributed by atoms with Crippen LogP contribution in [0.15, 0.2) is 12.3 Å². The second-order valence-corrected chi connectivity index (χ2v) is 6.60. The first kappa shape index (κ1) is 16.0. The second-order valence-electron chi connectivity index (χ2n) is 5.26. The topological polar surface area (TPSA) is 39.1 Å². The summed E-state index contributed by atoms with van der Waals surface area (Å²) >= 11 is 1.87. The number of nitrogens with one attached hydrogen (secondary N) is 1. The molecule has 2 heterocycles. The number of ether oxygens (including phenoxy) is 1. The lowest BCUT2D eigenvalue weighted by molar-refractivity contribution is 0.147. The van der Waals surface area contributed by atoms with Gasteiger partial charge in [-0.25, -0.2) is 4.98 Å². The molecule has 5 heteroatoms. The van der Waals surface area contributed by atoms with Gasteiger partial charge in [-0.1, -0.05) is 0 Å². The number of nitrogens with zero attached hydrogens (tertiary/aromatic N) is 2. The molecule has 0 spiro atoms. The van der Waals surface area contributed by atoms with Crippen molar-refractivity contribution < 1.29 is 4.74 Å². The second kappa shape index (κ2) is 7.61. The molecule has 2 rings (SSSR count). The molecule has 0 saturated heterocycles. The van der Waals surface area contributed by atoms with E-state index in [9.17, 15) is 0 Å². The molecule has 1 N–H and O–H groups in total. The van der Waals surface area contributed by atoms with Crippen LogP contribution >= 0.6 is 11.3 Å². The summed E-state index contributed by atoms with van der Waals surface area (Å²) < 4.78 is 7.55. The summed E-state index contributed by atoms with van der Waals surface area (Å²) in [4.78, 5) is 7.34. The highest BCUT2D eigenvalue weighted by molar-refractivity contribution is 7.12. The third kappa shape index (κ3) is 4.58. The summed E-state index contributed by atoms with van der Waals surface area (Å²) in [6.07, 6.45) is 3.10. The number of thiophene rings is 1. The Hall–Kier alpha value is -1.33. The van der Waals surface area contributed by atoms with Gasteiger partial charge in [-0.15, -0.1) is 11.3 Å². The summed E-state index contributed by atoms with van der Waals surface area (Å²) in [6, 6.07) is 2.27. The van der Waals surface area contributed by atoms with Crippen LogP contribution in [0, 0.1) is 20.8 Å². The smallest absolute Gasteiger partial charge is 0.203 e. The number of aromatic nitrogens is 2.